The van der Waals surface area contributed by atoms with E-state index in [2.05, 4.69) is 10.2 Å². The monoisotopic (exact) mass is 423 g/mol. The van der Waals surface area contributed by atoms with Crippen molar-refractivity contribution in [2.45, 2.75) is 30.6 Å². The van der Waals surface area contributed by atoms with Gasteiger partial charge in [0.15, 0.2) is 0 Å². The molecule has 0 spiro atoms. The molecule has 6 nitrogen and oxygen atoms in total. The van der Waals surface area contributed by atoms with E-state index in [1.165, 1.54) is 0 Å². The Morgan fingerprint density at radius 3 is 2.27 bits per heavy atom. The van der Waals surface area contributed by atoms with Crippen LogP contribution in [0.15, 0.2) is 59.0 Å². The summed E-state index contributed by atoms with van der Waals surface area (Å²) in [6.07, 6.45) is 4.01. The van der Waals surface area contributed by atoms with Gasteiger partial charge in [-0.1, -0.05) is 23.8 Å². The first-order valence-corrected chi connectivity index (χ1v) is 12.0. The highest BCUT2D eigenvalue weighted by Crippen LogP contribution is 2.40. The number of hydrogen-bond donors (Lipinski definition) is 1. The minimum atomic E-state index is -3.61. The Bertz CT molecular complexity index is 1110. The second kappa shape index (κ2) is 7.56. The van der Waals surface area contributed by atoms with E-state index in [1.54, 1.807) is 22.5 Å². The third-order valence-electron chi connectivity index (χ3n) is 6.29. The van der Waals surface area contributed by atoms with Gasteiger partial charge in [-0.2, -0.15) is 4.31 Å². The summed E-state index contributed by atoms with van der Waals surface area (Å²) in [5, 5.41) is 2.89. The van der Waals surface area contributed by atoms with E-state index < -0.39 is 10.0 Å². The summed E-state index contributed by atoms with van der Waals surface area (Å²) in [4.78, 5) is 15.0. The Kier molecular flexibility index (Phi) is 4.87. The second-order valence-corrected chi connectivity index (χ2v) is 10.0. The molecule has 7 heteroatoms. The molecular weight excluding hydrogens is 398 g/mol. The van der Waals surface area contributed by atoms with Crippen molar-refractivity contribution in [3.8, 4) is 0 Å². The lowest BCUT2D eigenvalue weighted by Crippen LogP contribution is -2.48. The predicted molar refractivity (Wildman–Crippen MR) is 118 cm³/mol. The predicted octanol–water partition coefficient (Wildman–Crippen LogP) is 3.48. The van der Waals surface area contributed by atoms with Gasteiger partial charge in [-0.25, -0.2) is 8.42 Å². The summed E-state index contributed by atoms with van der Waals surface area (Å²) in [5.74, 6) is -0.104. The summed E-state index contributed by atoms with van der Waals surface area (Å²) in [5.41, 5.74) is 4.40. The van der Waals surface area contributed by atoms with Crippen LogP contribution in [0, 0.1) is 0 Å². The first-order valence-electron chi connectivity index (χ1n) is 10.5. The molecule has 30 heavy (non-hydrogen) atoms. The fraction of sp³-hybridized carbons (Fsp3) is 0.348. The fourth-order valence-electron chi connectivity index (χ4n) is 4.68. The number of anilines is 2. The number of fused-ring (bicyclic) bond motifs is 1. The number of para-hydroxylation sites is 1. The number of carbonyl (C=O) groups excluding carboxylic acids is 1. The third-order valence-corrected chi connectivity index (χ3v) is 8.19. The fourth-order valence-corrected chi connectivity index (χ4v) is 6.13. The number of nitrogens with zero attached hydrogens (tertiary/aromatic N) is 2. The molecule has 2 aliphatic heterocycles. The van der Waals surface area contributed by atoms with E-state index in [9.17, 15) is 13.2 Å². The van der Waals surface area contributed by atoms with Crippen molar-refractivity contribution < 1.29 is 13.2 Å². The molecule has 1 aliphatic carbocycles. The average molecular weight is 424 g/mol. The smallest absolute Gasteiger partial charge is 0.256 e. The van der Waals surface area contributed by atoms with Gasteiger partial charge in [-0.15, -0.1) is 0 Å². The zero-order valence-corrected chi connectivity index (χ0v) is 17.6. The maximum atomic E-state index is 13.3. The van der Waals surface area contributed by atoms with Gasteiger partial charge in [-0.05, 0) is 56.0 Å². The van der Waals surface area contributed by atoms with E-state index in [0.717, 1.165) is 42.5 Å². The van der Waals surface area contributed by atoms with E-state index >= 15 is 0 Å². The minimum absolute atomic E-state index is 0.104. The van der Waals surface area contributed by atoms with Crippen LogP contribution in [0.4, 0.5) is 11.4 Å². The highest BCUT2D eigenvalue weighted by Gasteiger charge is 2.33. The summed E-state index contributed by atoms with van der Waals surface area (Å²) in [6, 6.07) is 15.1. The molecule has 0 radical (unpaired) electrons. The number of amides is 1. The number of nitrogens with one attached hydrogen (secondary N) is 1. The van der Waals surface area contributed by atoms with Crippen molar-refractivity contribution in [3.05, 3.63) is 59.7 Å². The Morgan fingerprint density at radius 2 is 1.57 bits per heavy atom. The van der Waals surface area contributed by atoms with Crippen LogP contribution in [0.1, 0.15) is 31.2 Å². The standard InChI is InChI=1S/C23H25N3O3S/c27-23-22(17-6-4-5-7-17)20-16-19(10-11-21(20)24-23)30(28,29)26-14-12-25(13-15-26)18-8-2-1-3-9-18/h1-3,8-11,16H,4-7,12-15H2,(H,24,27). The number of piperazine rings is 1. The zero-order chi connectivity index (χ0) is 20.7. The van der Waals surface area contributed by atoms with Gasteiger partial charge in [0, 0.05) is 48.7 Å². The zero-order valence-electron chi connectivity index (χ0n) is 16.8. The Morgan fingerprint density at radius 1 is 0.867 bits per heavy atom. The molecule has 156 valence electrons. The summed E-state index contributed by atoms with van der Waals surface area (Å²) < 4.78 is 28.2. The molecule has 1 saturated carbocycles. The van der Waals surface area contributed by atoms with Crippen LogP contribution >= 0.6 is 0 Å². The lowest BCUT2D eigenvalue weighted by atomic mass is 10.00. The van der Waals surface area contributed by atoms with Crippen LogP contribution in [-0.4, -0.2) is 44.8 Å². The maximum absolute atomic E-state index is 13.3. The van der Waals surface area contributed by atoms with E-state index in [0.29, 0.717) is 37.4 Å². The highest BCUT2D eigenvalue weighted by molar-refractivity contribution is 7.89. The highest BCUT2D eigenvalue weighted by atomic mass is 32.2. The van der Waals surface area contributed by atoms with Gasteiger partial charge < -0.3 is 10.2 Å². The molecule has 1 saturated heterocycles. The molecule has 2 aromatic carbocycles. The van der Waals surface area contributed by atoms with Crippen molar-refractivity contribution in [1.82, 2.24) is 4.31 Å². The van der Waals surface area contributed by atoms with Crippen LogP contribution in [0.5, 0.6) is 0 Å². The molecule has 0 bridgehead atoms. The van der Waals surface area contributed by atoms with E-state index in [-0.39, 0.29) is 10.8 Å². The maximum Gasteiger partial charge on any atom is 0.256 e. The number of sulfonamides is 1. The first kappa shape index (κ1) is 19.3. The normalized spacial score (nSPS) is 19.9. The summed E-state index contributed by atoms with van der Waals surface area (Å²) >= 11 is 0. The van der Waals surface area contributed by atoms with Gasteiger partial charge in [0.05, 0.1) is 4.90 Å². The van der Waals surface area contributed by atoms with Crippen LogP contribution in [0.2, 0.25) is 0 Å². The number of rotatable bonds is 3. The number of benzene rings is 2. The summed E-state index contributed by atoms with van der Waals surface area (Å²) in [7, 11) is -3.61. The van der Waals surface area contributed by atoms with Crippen molar-refractivity contribution >= 4 is 32.9 Å². The summed E-state index contributed by atoms with van der Waals surface area (Å²) in [6.45, 7) is 2.20. The second-order valence-electron chi connectivity index (χ2n) is 8.07. The van der Waals surface area contributed by atoms with Crippen LogP contribution in [0.3, 0.4) is 0 Å². The molecule has 2 fully saturated rings. The van der Waals surface area contributed by atoms with Crippen LogP contribution in [-0.2, 0) is 14.8 Å². The molecule has 1 amide bonds. The molecule has 1 N–H and O–H groups in total. The Balaban J connectivity index is 1.40. The van der Waals surface area contributed by atoms with Gasteiger partial charge in [0.25, 0.3) is 5.91 Å². The molecule has 2 heterocycles. The minimum Gasteiger partial charge on any atom is -0.369 e. The Labute approximate surface area is 177 Å². The number of hydrogen-bond acceptors (Lipinski definition) is 4. The molecule has 0 aromatic heterocycles. The van der Waals surface area contributed by atoms with Crippen LogP contribution < -0.4 is 10.2 Å². The van der Waals surface area contributed by atoms with Gasteiger partial charge >= 0.3 is 0 Å². The average Bonchev–Trinajstić information content (AvgIpc) is 3.40. The SMILES string of the molecule is O=C1Nc2ccc(S(=O)(=O)N3CCN(c4ccccc4)CC3)cc2C1=C1CCCC1. The lowest BCUT2D eigenvalue weighted by Gasteiger charge is -2.35. The molecule has 3 aliphatic rings. The van der Waals surface area contributed by atoms with Crippen molar-refractivity contribution in [3.63, 3.8) is 0 Å². The first-order chi connectivity index (χ1) is 14.5. The molecule has 0 unspecified atom stereocenters. The van der Waals surface area contributed by atoms with Gasteiger partial charge in [0.1, 0.15) is 0 Å². The largest absolute Gasteiger partial charge is 0.369 e. The third kappa shape index (κ3) is 3.32. The van der Waals surface area contributed by atoms with Gasteiger partial charge in [0.2, 0.25) is 10.0 Å². The van der Waals surface area contributed by atoms with Crippen molar-refractivity contribution in [1.29, 1.82) is 0 Å². The van der Waals surface area contributed by atoms with E-state index in [4.69, 9.17) is 0 Å². The number of carbonyl (C=O) groups is 1. The van der Waals surface area contributed by atoms with Crippen molar-refractivity contribution in [2.24, 2.45) is 0 Å². The topological polar surface area (TPSA) is 69.7 Å². The quantitative estimate of drug-likeness (QED) is 0.768. The molecule has 0 atom stereocenters. The Hall–Kier alpha value is -2.64. The molecular formula is C23H25N3O3S. The molecule has 2 aromatic rings. The van der Waals surface area contributed by atoms with Gasteiger partial charge in [-0.3, -0.25) is 4.79 Å². The van der Waals surface area contributed by atoms with Crippen molar-refractivity contribution in [2.75, 3.05) is 36.4 Å². The lowest BCUT2D eigenvalue weighted by molar-refractivity contribution is -0.110. The number of allylic oxidation sites excluding steroid dienone is 1. The van der Waals surface area contributed by atoms with E-state index in [1.807, 2.05) is 30.3 Å². The van der Waals surface area contributed by atoms with Crippen LogP contribution in [0.25, 0.3) is 5.57 Å². The molecule has 5 rings (SSSR count).